The average Bonchev–Trinajstić information content (AvgIpc) is 2.60. The molecule has 2 unspecified atom stereocenters. The van der Waals surface area contributed by atoms with E-state index in [1.54, 1.807) is 24.3 Å². The summed E-state index contributed by atoms with van der Waals surface area (Å²) in [5.41, 5.74) is -1.19. The van der Waals surface area contributed by atoms with Crippen LogP contribution in [0.5, 0.6) is 5.75 Å². The molecule has 5 heteroatoms. The molecular weight excluding hydrogens is 308 g/mol. The van der Waals surface area contributed by atoms with Crippen molar-refractivity contribution in [2.45, 2.75) is 32.3 Å². The highest BCUT2D eigenvalue weighted by atomic mass is 16.6. The zero-order chi connectivity index (χ0) is 17.6. The molecule has 128 valence electrons. The number of allylic oxidation sites excluding steroid dienone is 2. The van der Waals surface area contributed by atoms with Gasteiger partial charge in [0, 0.05) is 6.42 Å². The van der Waals surface area contributed by atoms with E-state index in [4.69, 9.17) is 9.47 Å². The summed E-state index contributed by atoms with van der Waals surface area (Å²) in [5, 5.41) is 9.30. The minimum Gasteiger partial charge on any atom is -0.508 e. The Labute approximate surface area is 141 Å². The van der Waals surface area contributed by atoms with Crippen LogP contribution in [0.15, 0.2) is 48.6 Å². The smallest absolute Gasteiger partial charge is 0.355 e. The van der Waals surface area contributed by atoms with Crippen molar-refractivity contribution in [2.24, 2.45) is 5.92 Å². The Morgan fingerprint density at radius 1 is 1.25 bits per heavy atom. The molecule has 0 aliphatic heterocycles. The summed E-state index contributed by atoms with van der Waals surface area (Å²) in [4.78, 5) is 24.9. The van der Waals surface area contributed by atoms with Crippen LogP contribution >= 0.6 is 0 Å². The first-order chi connectivity index (χ1) is 11.5. The molecule has 5 nitrogen and oxygen atoms in total. The van der Waals surface area contributed by atoms with Gasteiger partial charge in [-0.1, -0.05) is 38.5 Å². The van der Waals surface area contributed by atoms with Gasteiger partial charge in [0.2, 0.25) is 5.60 Å². The SMILES string of the molecule is CCC(C)COC(=O)C1(OC(=O)c2ccc(O)cc2)C=CC=CC1. The van der Waals surface area contributed by atoms with E-state index in [-0.39, 0.29) is 30.3 Å². The van der Waals surface area contributed by atoms with Crippen LogP contribution in [0.3, 0.4) is 0 Å². The molecule has 0 fully saturated rings. The maximum Gasteiger partial charge on any atom is 0.355 e. The lowest BCUT2D eigenvalue weighted by Crippen LogP contribution is -2.43. The van der Waals surface area contributed by atoms with Crippen molar-refractivity contribution < 1.29 is 24.2 Å². The van der Waals surface area contributed by atoms with Gasteiger partial charge in [-0.25, -0.2) is 9.59 Å². The van der Waals surface area contributed by atoms with Gasteiger partial charge in [0.1, 0.15) is 5.75 Å². The molecule has 0 heterocycles. The van der Waals surface area contributed by atoms with E-state index in [0.29, 0.717) is 0 Å². The van der Waals surface area contributed by atoms with Crippen molar-refractivity contribution in [1.29, 1.82) is 0 Å². The fourth-order valence-electron chi connectivity index (χ4n) is 2.15. The lowest BCUT2D eigenvalue weighted by molar-refractivity contribution is -0.162. The van der Waals surface area contributed by atoms with Gasteiger partial charge in [-0.15, -0.1) is 0 Å². The van der Waals surface area contributed by atoms with Gasteiger partial charge in [-0.3, -0.25) is 0 Å². The van der Waals surface area contributed by atoms with Crippen LogP contribution in [0.1, 0.15) is 37.0 Å². The topological polar surface area (TPSA) is 72.8 Å². The number of aromatic hydroxyl groups is 1. The molecule has 2 atom stereocenters. The fourth-order valence-corrected chi connectivity index (χ4v) is 2.15. The molecule has 1 N–H and O–H groups in total. The third kappa shape index (κ3) is 4.25. The normalized spacial score (nSPS) is 20.4. The van der Waals surface area contributed by atoms with Crippen molar-refractivity contribution in [1.82, 2.24) is 0 Å². The Kier molecular flexibility index (Phi) is 5.79. The summed E-state index contributed by atoms with van der Waals surface area (Å²) < 4.78 is 10.9. The Hall–Kier alpha value is -2.56. The second kappa shape index (κ2) is 7.81. The van der Waals surface area contributed by atoms with Gasteiger partial charge in [-0.05, 0) is 36.3 Å². The van der Waals surface area contributed by atoms with E-state index >= 15 is 0 Å². The van der Waals surface area contributed by atoms with Crippen LogP contribution in [-0.2, 0) is 14.3 Å². The zero-order valence-corrected chi connectivity index (χ0v) is 13.9. The van der Waals surface area contributed by atoms with Crippen LogP contribution in [0.4, 0.5) is 0 Å². The first-order valence-electron chi connectivity index (χ1n) is 8.01. The van der Waals surface area contributed by atoms with Gasteiger partial charge in [0.05, 0.1) is 12.2 Å². The molecule has 0 aromatic heterocycles. The minimum absolute atomic E-state index is 0.0507. The van der Waals surface area contributed by atoms with Gasteiger partial charge >= 0.3 is 11.9 Å². The summed E-state index contributed by atoms with van der Waals surface area (Å²) in [6.45, 7) is 4.28. The number of esters is 2. The van der Waals surface area contributed by atoms with Gasteiger partial charge in [-0.2, -0.15) is 0 Å². The van der Waals surface area contributed by atoms with Gasteiger partial charge in [0.15, 0.2) is 0 Å². The molecule has 2 rings (SSSR count). The maximum atomic E-state index is 12.5. The van der Waals surface area contributed by atoms with Crippen molar-refractivity contribution in [2.75, 3.05) is 6.61 Å². The number of ether oxygens (including phenoxy) is 2. The molecule has 24 heavy (non-hydrogen) atoms. The first-order valence-corrected chi connectivity index (χ1v) is 8.01. The lowest BCUT2D eigenvalue weighted by Gasteiger charge is -2.29. The van der Waals surface area contributed by atoms with E-state index < -0.39 is 17.5 Å². The summed E-state index contributed by atoms with van der Waals surface area (Å²) in [6, 6.07) is 5.67. The van der Waals surface area contributed by atoms with E-state index in [0.717, 1.165) is 6.42 Å². The third-order valence-corrected chi connectivity index (χ3v) is 3.95. The number of carbonyl (C=O) groups excluding carboxylic acids is 2. The molecule has 0 saturated carbocycles. The molecule has 0 amide bonds. The number of phenols is 1. The molecule has 0 spiro atoms. The predicted octanol–water partition coefficient (Wildman–Crippen LogP) is 3.39. The number of phenolic OH excluding ortho intramolecular Hbond substituents is 1. The van der Waals surface area contributed by atoms with E-state index in [9.17, 15) is 14.7 Å². The van der Waals surface area contributed by atoms with Crippen LogP contribution in [-0.4, -0.2) is 29.3 Å². The largest absolute Gasteiger partial charge is 0.508 e. The van der Waals surface area contributed by atoms with Crippen molar-refractivity contribution >= 4 is 11.9 Å². The number of benzene rings is 1. The molecule has 1 aliphatic carbocycles. The van der Waals surface area contributed by atoms with Crippen LogP contribution in [0.2, 0.25) is 0 Å². The quantitative estimate of drug-likeness (QED) is 0.809. The highest BCUT2D eigenvalue weighted by Gasteiger charge is 2.42. The standard InChI is InChI=1S/C19H22O5/c1-3-14(2)13-23-18(22)19(11-5-4-6-12-19)24-17(21)15-7-9-16(20)10-8-15/h4-11,14,20H,3,12-13H2,1-2H3. The molecular formula is C19H22O5. The Bertz CT molecular complexity index is 644. The Morgan fingerprint density at radius 2 is 1.96 bits per heavy atom. The predicted molar refractivity (Wildman–Crippen MR) is 89.6 cm³/mol. The van der Waals surface area contributed by atoms with Gasteiger partial charge < -0.3 is 14.6 Å². The summed E-state index contributed by atoms with van der Waals surface area (Å²) in [5.74, 6) is -0.928. The van der Waals surface area contributed by atoms with Crippen molar-refractivity contribution in [3.8, 4) is 5.75 Å². The zero-order valence-electron chi connectivity index (χ0n) is 13.9. The Morgan fingerprint density at radius 3 is 2.54 bits per heavy atom. The molecule has 0 bridgehead atoms. The van der Waals surface area contributed by atoms with E-state index in [1.165, 1.54) is 24.3 Å². The summed E-state index contributed by atoms with van der Waals surface area (Å²) in [6.07, 6.45) is 7.88. The highest BCUT2D eigenvalue weighted by molar-refractivity contribution is 5.94. The molecule has 0 saturated heterocycles. The van der Waals surface area contributed by atoms with E-state index in [1.807, 2.05) is 13.8 Å². The van der Waals surface area contributed by atoms with Crippen LogP contribution < -0.4 is 0 Å². The monoisotopic (exact) mass is 330 g/mol. The van der Waals surface area contributed by atoms with E-state index in [2.05, 4.69) is 0 Å². The van der Waals surface area contributed by atoms with Crippen molar-refractivity contribution in [3.63, 3.8) is 0 Å². The Balaban J connectivity index is 2.14. The number of hydrogen-bond donors (Lipinski definition) is 1. The highest BCUT2D eigenvalue weighted by Crippen LogP contribution is 2.26. The average molecular weight is 330 g/mol. The summed E-state index contributed by atoms with van der Waals surface area (Å²) >= 11 is 0. The lowest BCUT2D eigenvalue weighted by atomic mass is 9.95. The fraction of sp³-hybridized carbons (Fsp3) is 0.368. The second-order valence-corrected chi connectivity index (χ2v) is 5.93. The number of carbonyl (C=O) groups is 2. The molecule has 1 aliphatic rings. The van der Waals surface area contributed by atoms with Crippen molar-refractivity contribution in [3.05, 3.63) is 54.1 Å². The molecule has 1 aromatic carbocycles. The minimum atomic E-state index is -1.45. The maximum absolute atomic E-state index is 12.5. The number of hydrogen-bond acceptors (Lipinski definition) is 5. The second-order valence-electron chi connectivity index (χ2n) is 5.93. The van der Waals surface area contributed by atoms with Gasteiger partial charge in [0.25, 0.3) is 0 Å². The third-order valence-electron chi connectivity index (χ3n) is 3.95. The van der Waals surface area contributed by atoms with Crippen LogP contribution in [0, 0.1) is 5.92 Å². The first kappa shape index (κ1) is 17.8. The summed E-state index contributed by atoms with van der Waals surface area (Å²) in [7, 11) is 0. The number of rotatable bonds is 6. The molecule has 1 aromatic rings. The van der Waals surface area contributed by atoms with Crippen LogP contribution in [0.25, 0.3) is 0 Å². The molecule has 0 radical (unpaired) electrons.